The van der Waals surface area contributed by atoms with Crippen molar-refractivity contribution in [1.29, 1.82) is 0 Å². The van der Waals surface area contributed by atoms with Crippen molar-refractivity contribution in [1.82, 2.24) is 0 Å². The van der Waals surface area contributed by atoms with E-state index in [-0.39, 0.29) is 6.10 Å². The van der Waals surface area contributed by atoms with Gasteiger partial charge in [0.25, 0.3) is 0 Å². The lowest BCUT2D eigenvalue weighted by molar-refractivity contribution is -0.132. The van der Waals surface area contributed by atoms with E-state index >= 15 is 0 Å². The number of ether oxygens (including phenoxy) is 2. The quantitative estimate of drug-likeness (QED) is 0.363. The van der Waals surface area contributed by atoms with Crippen LogP contribution in [0.3, 0.4) is 0 Å². The van der Waals surface area contributed by atoms with E-state index in [1.807, 2.05) is 13.0 Å². The van der Waals surface area contributed by atoms with Gasteiger partial charge in [-0.1, -0.05) is 12.2 Å². The van der Waals surface area contributed by atoms with Crippen LogP contribution in [0.4, 0.5) is 0 Å². The molecule has 17 heavy (non-hydrogen) atoms. The predicted octanol–water partition coefficient (Wildman–Crippen LogP) is 2.41. The first-order valence-corrected chi connectivity index (χ1v) is 5.78. The zero-order chi connectivity index (χ0) is 13.1. The summed E-state index contributed by atoms with van der Waals surface area (Å²) in [7, 11) is 0. The fourth-order valence-electron chi connectivity index (χ4n) is 1.08. The average Bonchev–Trinajstić information content (AvgIpc) is 2.30. The standard InChI is InChI=1S/C13H22O4/c1-4-5-8-16-9-10-17-12(3)7-6-11(2)13(14)15/h4,6,12H,1,5,7-10H2,2-3H3,(H,14,15). The topological polar surface area (TPSA) is 55.8 Å². The van der Waals surface area contributed by atoms with E-state index in [9.17, 15) is 4.79 Å². The lowest BCUT2D eigenvalue weighted by atomic mass is 10.2. The van der Waals surface area contributed by atoms with Crippen molar-refractivity contribution in [3.05, 3.63) is 24.3 Å². The van der Waals surface area contributed by atoms with Gasteiger partial charge >= 0.3 is 5.97 Å². The van der Waals surface area contributed by atoms with E-state index in [1.165, 1.54) is 0 Å². The minimum absolute atomic E-state index is 0.00676. The first kappa shape index (κ1) is 15.9. The van der Waals surface area contributed by atoms with E-state index in [2.05, 4.69) is 6.58 Å². The molecule has 0 rings (SSSR count). The molecule has 0 aliphatic heterocycles. The predicted molar refractivity (Wildman–Crippen MR) is 67.1 cm³/mol. The number of hydrogen-bond donors (Lipinski definition) is 1. The molecule has 0 aliphatic carbocycles. The van der Waals surface area contributed by atoms with Crippen LogP contribution >= 0.6 is 0 Å². The molecule has 0 saturated heterocycles. The van der Waals surface area contributed by atoms with Crippen molar-refractivity contribution >= 4 is 5.97 Å². The van der Waals surface area contributed by atoms with E-state index in [0.29, 0.717) is 31.8 Å². The van der Waals surface area contributed by atoms with Crippen LogP contribution < -0.4 is 0 Å². The molecule has 0 aromatic carbocycles. The Morgan fingerprint density at radius 3 is 2.71 bits per heavy atom. The third-order valence-corrected chi connectivity index (χ3v) is 2.19. The van der Waals surface area contributed by atoms with Crippen LogP contribution in [-0.2, 0) is 14.3 Å². The first-order chi connectivity index (χ1) is 8.07. The van der Waals surface area contributed by atoms with Gasteiger partial charge in [0.1, 0.15) is 0 Å². The Kier molecular flexibility index (Phi) is 9.38. The summed E-state index contributed by atoms with van der Waals surface area (Å²) in [6.45, 7) is 8.83. The van der Waals surface area contributed by atoms with Gasteiger partial charge in [-0.2, -0.15) is 0 Å². The molecule has 0 aromatic heterocycles. The second kappa shape index (κ2) is 10.1. The lowest BCUT2D eigenvalue weighted by Gasteiger charge is -2.11. The Bertz CT molecular complexity index is 258. The zero-order valence-corrected chi connectivity index (χ0v) is 10.6. The molecule has 1 N–H and O–H groups in total. The van der Waals surface area contributed by atoms with Crippen molar-refractivity contribution in [2.45, 2.75) is 32.8 Å². The molecule has 0 fully saturated rings. The highest BCUT2D eigenvalue weighted by molar-refractivity contribution is 5.85. The van der Waals surface area contributed by atoms with Gasteiger partial charge < -0.3 is 14.6 Å². The molecule has 0 amide bonds. The Morgan fingerprint density at radius 2 is 2.12 bits per heavy atom. The van der Waals surface area contributed by atoms with Crippen molar-refractivity contribution in [3.8, 4) is 0 Å². The minimum Gasteiger partial charge on any atom is -0.478 e. The molecule has 0 saturated carbocycles. The smallest absolute Gasteiger partial charge is 0.330 e. The number of rotatable bonds is 10. The maximum absolute atomic E-state index is 10.5. The van der Waals surface area contributed by atoms with Crippen molar-refractivity contribution in [2.75, 3.05) is 19.8 Å². The molecule has 0 heterocycles. The highest BCUT2D eigenvalue weighted by Gasteiger charge is 2.03. The third-order valence-electron chi connectivity index (χ3n) is 2.19. The minimum atomic E-state index is -0.884. The molecular formula is C13H22O4. The molecule has 98 valence electrons. The molecule has 4 heteroatoms. The molecule has 1 atom stereocenters. The van der Waals surface area contributed by atoms with Crippen molar-refractivity contribution < 1.29 is 19.4 Å². The van der Waals surface area contributed by atoms with Crippen LogP contribution in [0.15, 0.2) is 24.3 Å². The van der Waals surface area contributed by atoms with Gasteiger partial charge in [0.05, 0.1) is 25.9 Å². The van der Waals surface area contributed by atoms with Gasteiger partial charge in [-0.3, -0.25) is 0 Å². The van der Waals surface area contributed by atoms with Crippen LogP contribution in [0.1, 0.15) is 26.7 Å². The van der Waals surface area contributed by atoms with Gasteiger partial charge in [-0.25, -0.2) is 4.79 Å². The first-order valence-electron chi connectivity index (χ1n) is 5.78. The monoisotopic (exact) mass is 242 g/mol. The Hall–Kier alpha value is -1.13. The molecule has 1 unspecified atom stereocenters. The van der Waals surface area contributed by atoms with E-state index in [4.69, 9.17) is 14.6 Å². The SMILES string of the molecule is C=CCCOCCOC(C)CC=C(C)C(=O)O. The van der Waals surface area contributed by atoms with Crippen LogP contribution in [0.5, 0.6) is 0 Å². The molecular weight excluding hydrogens is 220 g/mol. The summed E-state index contributed by atoms with van der Waals surface area (Å²) in [4.78, 5) is 10.5. The fourth-order valence-corrected chi connectivity index (χ4v) is 1.08. The van der Waals surface area contributed by atoms with E-state index in [0.717, 1.165) is 6.42 Å². The summed E-state index contributed by atoms with van der Waals surface area (Å²) < 4.78 is 10.7. The van der Waals surface area contributed by atoms with Gasteiger partial charge in [0.15, 0.2) is 0 Å². The molecule has 0 bridgehead atoms. The van der Waals surface area contributed by atoms with Gasteiger partial charge in [-0.05, 0) is 26.7 Å². The number of carboxylic acid groups (broad SMARTS) is 1. The molecule has 4 nitrogen and oxygen atoms in total. The van der Waals surface area contributed by atoms with Crippen LogP contribution in [0, 0.1) is 0 Å². The van der Waals surface area contributed by atoms with E-state index in [1.54, 1.807) is 13.0 Å². The Labute approximate surface area is 103 Å². The highest BCUT2D eigenvalue weighted by atomic mass is 16.5. The van der Waals surface area contributed by atoms with Crippen LogP contribution in [0.2, 0.25) is 0 Å². The molecule has 0 spiro atoms. The van der Waals surface area contributed by atoms with Gasteiger partial charge in [0, 0.05) is 5.57 Å². The normalized spacial score (nSPS) is 13.4. The highest BCUT2D eigenvalue weighted by Crippen LogP contribution is 2.02. The average molecular weight is 242 g/mol. The van der Waals surface area contributed by atoms with Crippen LogP contribution in [-0.4, -0.2) is 37.0 Å². The summed E-state index contributed by atoms with van der Waals surface area (Å²) in [5, 5.41) is 8.65. The summed E-state index contributed by atoms with van der Waals surface area (Å²) in [6.07, 6.45) is 4.93. The Balaban J connectivity index is 3.53. The van der Waals surface area contributed by atoms with Gasteiger partial charge in [0.2, 0.25) is 0 Å². The maximum atomic E-state index is 10.5. The summed E-state index contributed by atoms with van der Waals surface area (Å²) in [6, 6.07) is 0. The fraction of sp³-hybridized carbons (Fsp3) is 0.615. The molecule has 0 aromatic rings. The third kappa shape index (κ3) is 9.78. The second-order valence-electron chi connectivity index (χ2n) is 3.80. The van der Waals surface area contributed by atoms with E-state index < -0.39 is 5.97 Å². The number of carbonyl (C=O) groups is 1. The lowest BCUT2D eigenvalue weighted by Crippen LogP contribution is -2.13. The summed E-state index contributed by atoms with van der Waals surface area (Å²) in [5.41, 5.74) is 0.350. The van der Waals surface area contributed by atoms with Gasteiger partial charge in [-0.15, -0.1) is 6.58 Å². The second-order valence-corrected chi connectivity index (χ2v) is 3.80. The maximum Gasteiger partial charge on any atom is 0.330 e. The number of carboxylic acids is 1. The number of hydrogen-bond acceptors (Lipinski definition) is 3. The van der Waals surface area contributed by atoms with Crippen molar-refractivity contribution in [3.63, 3.8) is 0 Å². The number of aliphatic carboxylic acids is 1. The van der Waals surface area contributed by atoms with Crippen molar-refractivity contribution in [2.24, 2.45) is 0 Å². The zero-order valence-electron chi connectivity index (χ0n) is 10.6. The summed E-state index contributed by atoms with van der Waals surface area (Å²) >= 11 is 0. The van der Waals surface area contributed by atoms with Crippen LogP contribution in [0.25, 0.3) is 0 Å². The summed E-state index contributed by atoms with van der Waals surface area (Å²) in [5.74, 6) is -0.884. The molecule has 0 radical (unpaired) electrons. The Morgan fingerprint density at radius 1 is 1.41 bits per heavy atom. The molecule has 0 aliphatic rings. The largest absolute Gasteiger partial charge is 0.478 e.